The fourth-order valence-electron chi connectivity index (χ4n) is 6.94. The highest BCUT2D eigenvalue weighted by Crippen LogP contribution is 2.67. The molecule has 6 aliphatic carbocycles. The third kappa shape index (κ3) is 1.62. The molecular formula is C20H28O5. The molecule has 5 heteroatoms. The second-order valence-electron chi connectivity index (χ2n) is 10.5. The average molecular weight is 348 g/mol. The first-order valence-electron chi connectivity index (χ1n) is 9.68. The number of hydrogen-bond acceptors (Lipinski definition) is 5. The Hall–Kier alpha value is -0.780. The number of hydrogen-bond donors (Lipinski definition) is 1. The van der Waals surface area contributed by atoms with Gasteiger partial charge in [-0.3, -0.25) is 9.59 Å². The van der Waals surface area contributed by atoms with Crippen LogP contribution in [0.2, 0.25) is 0 Å². The second kappa shape index (κ2) is 4.37. The van der Waals surface area contributed by atoms with Gasteiger partial charge in [0, 0.05) is 24.7 Å². The van der Waals surface area contributed by atoms with Crippen LogP contribution in [0.25, 0.3) is 0 Å². The van der Waals surface area contributed by atoms with E-state index in [0.29, 0.717) is 24.7 Å². The van der Waals surface area contributed by atoms with E-state index in [1.54, 1.807) is 0 Å². The van der Waals surface area contributed by atoms with Crippen LogP contribution in [-0.2, 0) is 19.4 Å². The maximum atomic E-state index is 13.3. The topological polar surface area (TPSA) is 72.8 Å². The first-order valence-corrected chi connectivity index (χ1v) is 9.68. The molecule has 7 fully saturated rings. The van der Waals surface area contributed by atoms with Crippen molar-refractivity contribution in [3.8, 4) is 0 Å². The van der Waals surface area contributed by atoms with Gasteiger partial charge in [0.15, 0.2) is 22.8 Å². The Morgan fingerprint density at radius 1 is 0.920 bits per heavy atom. The molecule has 138 valence electrons. The zero-order valence-corrected chi connectivity index (χ0v) is 15.5. The highest BCUT2D eigenvalue weighted by molar-refractivity contribution is 5.98. The molecule has 7 atom stereocenters. The molecule has 1 aliphatic heterocycles. The standard InChI is InChI=1S/C20H28O5/c1-17(2)10-5-12(17)19(14(21)7-10)9-15(22)20(23)13-6-11(18(13,3)4)8-16(20)24-25-19/h10-13,16,23H,5-9H2,1-4H3. The van der Waals surface area contributed by atoms with Gasteiger partial charge in [-0.15, -0.1) is 0 Å². The monoisotopic (exact) mass is 348 g/mol. The second-order valence-corrected chi connectivity index (χ2v) is 10.5. The van der Waals surface area contributed by atoms with Crippen molar-refractivity contribution in [2.24, 2.45) is 34.5 Å². The van der Waals surface area contributed by atoms with Crippen LogP contribution in [0.5, 0.6) is 0 Å². The molecule has 0 radical (unpaired) electrons. The van der Waals surface area contributed by atoms with Gasteiger partial charge in [-0.2, -0.15) is 0 Å². The minimum Gasteiger partial charge on any atom is -0.379 e. The van der Waals surface area contributed by atoms with Gasteiger partial charge >= 0.3 is 0 Å². The SMILES string of the molecule is CC1(C)C2CC(=O)C3(CC(=O)C4(O)C(CC5CC4C5(C)C)OO3)C1C2. The largest absolute Gasteiger partial charge is 0.379 e. The fourth-order valence-corrected chi connectivity index (χ4v) is 6.94. The summed E-state index contributed by atoms with van der Waals surface area (Å²) in [5.74, 6) is 0.406. The van der Waals surface area contributed by atoms with Crippen molar-refractivity contribution in [2.45, 2.75) is 77.1 Å². The molecule has 25 heavy (non-hydrogen) atoms. The zero-order chi connectivity index (χ0) is 18.0. The fraction of sp³-hybridized carbons (Fsp3) is 0.900. The van der Waals surface area contributed by atoms with E-state index in [2.05, 4.69) is 27.7 Å². The number of carbonyl (C=O) groups is 2. The van der Waals surface area contributed by atoms with Gasteiger partial charge in [0.1, 0.15) is 6.10 Å². The van der Waals surface area contributed by atoms with Crippen molar-refractivity contribution in [1.29, 1.82) is 0 Å². The summed E-state index contributed by atoms with van der Waals surface area (Å²) in [6.07, 6.45) is 2.12. The molecular weight excluding hydrogens is 320 g/mol. The van der Waals surface area contributed by atoms with Crippen LogP contribution in [0.4, 0.5) is 0 Å². The zero-order valence-electron chi connectivity index (χ0n) is 15.5. The van der Waals surface area contributed by atoms with Crippen molar-refractivity contribution in [2.75, 3.05) is 0 Å². The molecule has 4 bridgehead atoms. The molecule has 0 amide bonds. The van der Waals surface area contributed by atoms with Gasteiger partial charge in [-0.25, -0.2) is 9.78 Å². The van der Waals surface area contributed by atoms with Crippen LogP contribution < -0.4 is 0 Å². The van der Waals surface area contributed by atoms with Gasteiger partial charge in [0.25, 0.3) is 0 Å². The van der Waals surface area contributed by atoms with Gasteiger partial charge in [0.2, 0.25) is 0 Å². The molecule has 1 spiro atoms. The molecule has 1 saturated heterocycles. The van der Waals surface area contributed by atoms with Crippen LogP contribution in [0.3, 0.4) is 0 Å². The summed E-state index contributed by atoms with van der Waals surface area (Å²) < 4.78 is 0. The van der Waals surface area contributed by atoms with Gasteiger partial charge in [0.05, 0.1) is 0 Å². The Labute approximate surface area is 148 Å². The third-order valence-electron chi connectivity index (χ3n) is 9.11. The van der Waals surface area contributed by atoms with Crippen molar-refractivity contribution in [1.82, 2.24) is 0 Å². The van der Waals surface area contributed by atoms with E-state index in [-0.39, 0.29) is 40.7 Å². The summed E-state index contributed by atoms with van der Waals surface area (Å²) in [4.78, 5) is 37.8. The highest BCUT2D eigenvalue weighted by atomic mass is 17.2. The predicted molar refractivity (Wildman–Crippen MR) is 88.3 cm³/mol. The number of ketones is 2. The van der Waals surface area contributed by atoms with E-state index in [0.717, 1.165) is 12.8 Å². The first kappa shape index (κ1) is 16.4. The molecule has 0 aromatic heterocycles. The summed E-state index contributed by atoms with van der Waals surface area (Å²) in [5, 5.41) is 11.4. The van der Waals surface area contributed by atoms with Crippen LogP contribution in [0, 0.1) is 34.5 Å². The number of aliphatic hydroxyl groups is 1. The van der Waals surface area contributed by atoms with E-state index in [1.807, 2.05) is 0 Å². The Balaban J connectivity index is 1.54. The lowest BCUT2D eigenvalue weighted by Crippen LogP contribution is -2.71. The van der Waals surface area contributed by atoms with Crippen LogP contribution in [0.15, 0.2) is 0 Å². The number of carbonyl (C=O) groups excluding carboxylic acids is 2. The Morgan fingerprint density at radius 3 is 2.20 bits per heavy atom. The van der Waals surface area contributed by atoms with Crippen molar-refractivity contribution < 1.29 is 24.5 Å². The van der Waals surface area contributed by atoms with E-state index >= 15 is 0 Å². The maximum Gasteiger partial charge on any atom is 0.172 e. The quantitative estimate of drug-likeness (QED) is 0.681. The lowest BCUT2D eigenvalue weighted by Gasteiger charge is -2.64. The number of rotatable bonds is 0. The average Bonchev–Trinajstić information content (AvgIpc) is 2.65. The molecule has 7 rings (SSSR count). The Kier molecular flexibility index (Phi) is 2.87. The normalized spacial score (nSPS) is 55.0. The number of Topliss-reactive ketones (excluding diaryl/α,β-unsaturated/α-hetero) is 2. The summed E-state index contributed by atoms with van der Waals surface area (Å²) >= 11 is 0. The molecule has 1 heterocycles. The van der Waals surface area contributed by atoms with Crippen LogP contribution in [-0.4, -0.2) is 34.0 Å². The lowest BCUT2D eigenvalue weighted by molar-refractivity contribution is -0.423. The first-order chi connectivity index (χ1) is 11.5. The van der Waals surface area contributed by atoms with Gasteiger partial charge in [-0.1, -0.05) is 27.7 Å². The summed E-state index contributed by atoms with van der Waals surface area (Å²) in [6.45, 7) is 8.56. The Bertz CT molecular complexity index is 682. The van der Waals surface area contributed by atoms with Crippen LogP contribution in [0.1, 0.15) is 59.8 Å². The molecule has 0 aromatic carbocycles. The molecule has 6 saturated carbocycles. The Morgan fingerprint density at radius 2 is 1.56 bits per heavy atom. The van der Waals surface area contributed by atoms with Gasteiger partial charge in [-0.05, 0) is 41.9 Å². The highest BCUT2D eigenvalue weighted by Gasteiger charge is 2.74. The maximum absolute atomic E-state index is 13.3. The van der Waals surface area contributed by atoms with E-state index in [1.165, 1.54) is 0 Å². The van der Waals surface area contributed by atoms with E-state index in [4.69, 9.17) is 9.78 Å². The van der Waals surface area contributed by atoms with Gasteiger partial charge < -0.3 is 5.11 Å². The molecule has 7 unspecified atom stereocenters. The minimum absolute atomic E-state index is 0.0121. The molecule has 1 N–H and O–H groups in total. The molecule has 0 aromatic rings. The van der Waals surface area contributed by atoms with Crippen molar-refractivity contribution in [3.05, 3.63) is 0 Å². The van der Waals surface area contributed by atoms with E-state index < -0.39 is 17.3 Å². The van der Waals surface area contributed by atoms with Crippen molar-refractivity contribution in [3.63, 3.8) is 0 Å². The number of fused-ring (bicyclic) bond motifs is 1. The summed E-state index contributed by atoms with van der Waals surface area (Å²) in [6, 6.07) is 0. The predicted octanol–water partition coefficient (Wildman–Crippen LogP) is 2.45. The summed E-state index contributed by atoms with van der Waals surface area (Å²) in [7, 11) is 0. The lowest BCUT2D eigenvalue weighted by atomic mass is 9.41. The third-order valence-corrected chi connectivity index (χ3v) is 9.11. The molecule has 5 nitrogen and oxygen atoms in total. The minimum atomic E-state index is -1.52. The van der Waals surface area contributed by atoms with E-state index in [9.17, 15) is 14.7 Å². The van der Waals surface area contributed by atoms with Crippen molar-refractivity contribution >= 4 is 11.6 Å². The smallest absolute Gasteiger partial charge is 0.172 e. The summed E-state index contributed by atoms with van der Waals surface area (Å²) in [5.41, 5.74) is -2.82. The van der Waals surface area contributed by atoms with Crippen LogP contribution >= 0.6 is 0 Å². The molecule has 7 aliphatic rings.